The fourth-order valence-electron chi connectivity index (χ4n) is 1.53. The summed E-state index contributed by atoms with van der Waals surface area (Å²) in [6.45, 7) is 1.86. The number of hydrogen-bond acceptors (Lipinski definition) is 4. The maximum absolute atomic E-state index is 5.88. The molecule has 1 N–H and O–H groups in total. The predicted molar refractivity (Wildman–Crippen MR) is 81.4 cm³/mol. The highest BCUT2D eigenvalue weighted by molar-refractivity contribution is 6.32. The predicted octanol–water partition coefficient (Wildman–Crippen LogP) is 3.71. The quantitative estimate of drug-likeness (QED) is 0.936. The van der Waals surface area contributed by atoms with E-state index in [1.54, 1.807) is 13.3 Å². The minimum Gasteiger partial charge on any atom is -0.497 e. The zero-order valence-electron chi connectivity index (χ0n) is 11.6. The molecule has 0 atom stereocenters. The van der Waals surface area contributed by atoms with Crippen LogP contribution in [0.25, 0.3) is 0 Å². The topological polar surface area (TPSA) is 47.0 Å². The van der Waals surface area contributed by atoms with Crippen LogP contribution in [0.1, 0.15) is 18.7 Å². The normalized spacial score (nSPS) is 13.2. The SMILES string of the molecule is COc1ccccc1.Cc1ncc(Cl)c(NC2CC2)n1. The van der Waals surface area contributed by atoms with Gasteiger partial charge in [0.1, 0.15) is 22.4 Å². The molecule has 0 bridgehead atoms. The average molecular weight is 292 g/mol. The maximum atomic E-state index is 5.88. The molecule has 0 spiro atoms. The van der Waals surface area contributed by atoms with Gasteiger partial charge in [0.15, 0.2) is 0 Å². The van der Waals surface area contributed by atoms with Crippen molar-refractivity contribution in [2.45, 2.75) is 25.8 Å². The van der Waals surface area contributed by atoms with Gasteiger partial charge in [-0.15, -0.1) is 0 Å². The smallest absolute Gasteiger partial charge is 0.148 e. The molecule has 1 aliphatic rings. The number of para-hydroxylation sites is 1. The number of anilines is 1. The van der Waals surface area contributed by atoms with Crippen molar-refractivity contribution in [3.05, 3.63) is 47.4 Å². The van der Waals surface area contributed by atoms with Crippen LogP contribution in [0.15, 0.2) is 36.5 Å². The molecule has 0 saturated heterocycles. The van der Waals surface area contributed by atoms with Gasteiger partial charge in [-0.25, -0.2) is 9.97 Å². The van der Waals surface area contributed by atoms with Crippen LogP contribution >= 0.6 is 11.6 Å². The summed E-state index contributed by atoms with van der Waals surface area (Å²) in [7, 11) is 1.66. The standard InChI is InChI=1S/C8H10ClN3.C7H8O/c1-5-10-4-7(9)8(11-5)12-6-2-3-6;1-8-7-5-3-2-4-6-7/h4,6H,2-3H2,1H3,(H,10,11,12);2-6H,1H3. The summed E-state index contributed by atoms with van der Waals surface area (Å²) in [5.74, 6) is 2.43. The van der Waals surface area contributed by atoms with Gasteiger partial charge in [0, 0.05) is 6.04 Å². The summed E-state index contributed by atoms with van der Waals surface area (Å²) >= 11 is 5.88. The van der Waals surface area contributed by atoms with Crippen LogP contribution in [-0.4, -0.2) is 23.1 Å². The van der Waals surface area contributed by atoms with Crippen LogP contribution in [0.4, 0.5) is 5.82 Å². The first-order valence-electron chi connectivity index (χ1n) is 6.53. The van der Waals surface area contributed by atoms with E-state index in [4.69, 9.17) is 16.3 Å². The summed E-state index contributed by atoms with van der Waals surface area (Å²) in [5, 5.41) is 3.85. The lowest BCUT2D eigenvalue weighted by Gasteiger charge is -2.04. The third kappa shape index (κ3) is 4.70. The van der Waals surface area contributed by atoms with Gasteiger partial charge < -0.3 is 10.1 Å². The molecule has 20 heavy (non-hydrogen) atoms. The lowest BCUT2D eigenvalue weighted by Crippen LogP contribution is -2.05. The number of methoxy groups -OCH3 is 1. The van der Waals surface area contributed by atoms with E-state index < -0.39 is 0 Å². The number of rotatable bonds is 3. The van der Waals surface area contributed by atoms with Gasteiger partial charge in [0.25, 0.3) is 0 Å². The molecule has 3 rings (SSSR count). The zero-order valence-corrected chi connectivity index (χ0v) is 12.4. The molecule has 5 heteroatoms. The van der Waals surface area contributed by atoms with E-state index in [-0.39, 0.29) is 0 Å². The van der Waals surface area contributed by atoms with E-state index in [1.807, 2.05) is 37.3 Å². The van der Waals surface area contributed by atoms with Crippen molar-refractivity contribution in [2.24, 2.45) is 0 Å². The number of halogens is 1. The molecule has 2 aromatic rings. The number of hydrogen-bond donors (Lipinski definition) is 1. The second-order valence-corrected chi connectivity index (χ2v) is 4.96. The van der Waals surface area contributed by atoms with Crippen LogP contribution in [0.2, 0.25) is 5.02 Å². The average Bonchev–Trinajstić information content (AvgIpc) is 3.28. The van der Waals surface area contributed by atoms with Crippen LogP contribution in [0, 0.1) is 6.92 Å². The largest absolute Gasteiger partial charge is 0.497 e. The van der Waals surface area contributed by atoms with Gasteiger partial charge in [-0.3, -0.25) is 0 Å². The highest BCUT2D eigenvalue weighted by atomic mass is 35.5. The van der Waals surface area contributed by atoms with E-state index in [2.05, 4.69) is 15.3 Å². The van der Waals surface area contributed by atoms with E-state index in [0.29, 0.717) is 11.1 Å². The third-order valence-electron chi connectivity index (χ3n) is 2.76. The Kier molecular flexibility index (Phi) is 5.18. The molecule has 1 heterocycles. The lowest BCUT2D eigenvalue weighted by atomic mass is 10.3. The molecule has 0 unspecified atom stereocenters. The Balaban J connectivity index is 0.000000160. The molecule has 0 radical (unpaired) electrons. The van der Waals surface area contributed by atoms with E-state index >= 15 is 0 Å². The van der Waals surface area contributed by atoms with Crippen molar-refractivity contribution in [3.8, 4) is 5.75 Å². The van der Waals surface area contributed by atoms with Crippen molar-refractivity contribution in [1.82, 2.24) is 9.97 Å². The van der Waals surface area contributed by atoms with Crippen molar-refractivity contribution in [1.29, 1.82) is 0 Å². The Bertz CT molecular complexity index is 544. The second kappa shape index (κ2) is 7.10. The fourth-order valence-corrected chi connectivity index (χ4v) is 1.68. The molecular formula is C15H18ClN3O. The molecule has 0 aliphatic heterocycles. The Hall–Kier alpha value is -1.81. The van der Waals surface area contributed by atoms with Crippen LogP contribution in [0.3, 0.4) is 0 Å². The maximum Gasteiger partial charge on any atom is 0.148 e. The van der Waals surface area contributed by atoms with E-state index in [1.165, 1.54) is 12.8 Å². The number of aromatic nitrogens is 2. The summed E-state index contributed by atoms with van der Waals surface area (Å²) < 4.78 is 4.91. The van der Waals surface area contributed by atoms with Crippen LogP contribution in [-0.2, 0) is 0 Å². The van der Waals surface area contributed by atoms with Gasteiger partial charge in [-0.1, -0.05) is 29.8 Å². The van der Waals surface area contributed by atoms with E-state index in [9.17, 15) is 0 Å². The number of benzene rings is 1. The van der Waals surface area contributed by atoms with Crippen LogP contribution < -0.4 is 10.1 Å². The summed E-state index contributed by atoms with van der Waals surface area (Å²) in [6.07, 6.45) is 4.08. The highest BCUT2D eigenvalue weighted by Crippen LogP contribution is 2.27. The number of nitrogens with one attached hydrogen (secondary N) is 1. The minimum atomic E-state index is 0.580. The van der Waals surface area contributed by atoms with Gasteiger partial charge >= 0.3 is 0 Å². The van der Waals surface area contributed by atoms with Gasteiger partial charge in [0.05, 0.1) is 13.3 Å². The Morgan fingerprint density at radius 1 is 1.25 bits per heavy atom. The van der Waals surface area contributed by atoms with Crippen molar-refractivity contribution in [2.75, 3.05) is 12.4 Å². The minimum absolute atomic E-state index is 0.580. The molecule has 1 aliphatic carbocycles. The number of aryl methyl sites for hydroxylation is 1. The van der Waals surface area contributed by atoms with Crippen molar-refractivity contribution < 1.29 is 4.74 Å². The van der Waals surface area contributed by atoms with Gasteiger partial charge in [0.2, 0.25) is 0 Å². The van der Waals surface area contributed by atoms with E-state index in [0.717, 1.165) is 17.4 Å². The molecule has 1 saturated carbocycles. The first-order valence-corrected chi connectivity index (χ1v) is 6.91. The first-order chi connectivity index (χ1) is 9.69. The van der Waals surface area contributed by atoms with Gasteiger partial charge in [-0.05, 0) is 31.9 Å². The van der Waals surface area contributed by atoms with Crippen molar-refractivity contribution >= 4 is 17.4 Å². The fraction of sp³-hybridized carbons (Fsp3) is 0.333. The summed E-state index contributed by atoms with van der Waals surface area (Å²) in [6, 6.07) is 10.3. The monoisotopic (exact) mass is 291 g/mol. The zero-order chi connectivity index (χ0) is 14.4. The second-order valence-electron chi connectivity index (χ2n) is 4.55. The molecule has 1 aromatic heterocycles. The lowest BCUT2D eigenvalue weighted by molar-refractivity contribution is 0.415. The summed E-state index contributed by atoms with van der Waals surface area (Å²) in [4.78, 5) is 8.18. The highest BCUT2D eigenvalue weighted by Gasteiger charge is 2.22. The molecule has 4 nitrogen and oxygen atoms in total. The Labute approximate surface area is 124 Å². The van der Waals surface area contributed by atoms with Gasteiger partial charge in [-0.2, -0.15) is 0 Å². The molecule has 1 fully saturated rings. The molecule has 0 amide bonds. The number of ether oxygens (including phenoxy) is 1. The molecule has 106 valence electrons. The summed E-state index contributed by atoms with van der Waals surface area (Å²) in [5.41, 5.74) is 0. The first kappa shape index (κ1) is 14.6. The number of nitrogens with zero attached hydrogens (tertiary/aromatic N) is 2. The van der Waals surface area contributed by atoms with Crippen molar-refractivity contribution in [3.63, 3.8) is 0 Å². The van der Waals surface area contributed by atoms with Crippen LogP contribution in [0.5, 0.6) is 5.75 Å². The Morgan fingerprint density at radius 2 is 1.95 bits per heavy atom. The Morgan fingerprint density at radius 3 is 2.50 bits per heavy atom. The third-order valence-corrected chi connectivity index (χ3v) is 3.04. The molecular weight excluding hydrogens is 274 g/mol. The molecule has 1 aromatic carbocycles.